The van der Waals surface area contributed by atoms with Crippen molar-refractivity contribution in [3.05, 3.63) is 57.8 Å². The van der Waals surface area contributed by atoms with Gasteiger partial charge in [0.25, 0.3) is 0 Å². The highest BCUT2D eigenvalue weighted by molar-refractivity contribution is 5.95. The number of fused-ring (bicyclic) bond motifs is 3. The lowest BCUT2D eigenvalue weighted by Gasteiger charge is -2.18. The number of nitro groups is 1. The highest BCUT2D eigenvalue weighted by Crippen LogP contribution is 2.37. The van der Waals surface area contributed by atoms with Crippen LogP contribution in [0.5, 0.6) is 5.75 Å². The minimum Gasteiger partial charge on any atom is -0.486 e. The lowest BCUT2D eigenvalue weighted by atomic mass is 9.99. The lowest BCUT2D eigenvalue weighted by molar-refractivity contribution is -0.376. The van der Waals surface area contributed by atoms with Crippen molar-refractivity contribution in [2.75, 3.05) is 6.61 Å². The molecule has 0 unspecified atom stereocenters. The van der Waals surface area contributed by atoms with Crippen LogP contribution in [-0.4, -0.2) is 11.5 Å². The Morgan fingerprint density at radius 1 is 1.22 bits per heavy atom. The molecule has 0 bridgehead atoms. The summed E-state index contributed by atoms with van der Waals surface area (Å²) in [5.41, 5.74) is 6.28. The minimum atomic E-state index is -0.441. The summed E-state index contributed by atoms with van der Waals surface area (Å²) in [5, 5.41) is 12.9. The summed E-state index contributed by atoms with van der Waals surface area (Å²) in [4.78, 5) is 10.7. The molecule has 0 aliphatic carbocycles. The van der Waals surface area contributed by atoms with Crippen LogP contribution in [0.25, 0.3) is 16.5 Å². The van der Waals surface area contributed by atoms with E-state index in [1.165, 1.54) is 0 Å². The van der Waals surface area contributed by atoms with Crippen LogP contribution in [0.1, 0.15) is 5.56 Å². The summed E-state index contributed by atoms with van der Waals surface area (Å²) in [6.07, 6.45) is 0. The van der Waals surface area contributed by atoms with Crippen LogP contribution in [0.3, 0.4) is 0 Å². The van der Waals surface area contributed by atoms with E-state index in [9.17, 15) is 10.1 Å². The van der Waals surface area contributed by atoms with Crippen molar-refractivity contribution in [3.63, 3.8) is 0 Å². The van der Waals surface area contributed by atoms with Crippen LogP contribution in [0.2, 0.25) is 0 Å². The van der Waals surface area contributed by atoms with E-state index in [0.29, 0.717) is 11.3 Å². The first-order valence-corrected chi connectivity index (χ1v) is 5.46. The van der Waals surface area contributed by atoms with Crippen LogP contribution in [-0.2, 0) is 0 Å². The van der Waals surface area contributed by atoms with E-state index in [0.717, 1.165) is 10.8 Å². The zero-order valence-corrected chi connectivity index (χ0v) is 9.42. The fourth-order valence-corrected chi connectivity index (χ4v) is 2.21. The lowest BCUT2D eigenvalue weighted by Crippen LogP contribution is -2.20. The fraction of sp³-hybridized carbons (Fsp3) is 0.0769. The van der Waals surface area contributed by atoms with Crippen molar-refractivity contribution in [3.8, 4) is 5.75 Å². The number of hydrogen-bond acceptors (Lipinski definition) is 4. The van der Waals surface area contributed by atoms with E-state index in [2.05, 4.69) is 0 Å². The maximum absolute atomic E-state index is 11.2. The normalized spacial score (nSPS) is 14.2. The van der Waals surface area contributed by atoms with E-state index < -0.39 is 4.92 Å². The molecule has 0 radical (unpaired) electrons. The summed E-state index contributed by atoms with van der Waals surface area (Å²) in [5.74, 6) is 0.509. The Hall–Kier alpha value is -2.56. The van der Waals surface area contributed by atoms with Crippen molar-refractivity contribution in [1.29, 1.82) is 0 Å². The van der Waals surface area contributed by atoms with Gasteiger partial charge in [0.15, 0.2) is 0 Å². The van der Waals surface area contributed by atoms with Gasteiger partial charge in [-0.1, -0.05) is 30.3 Å². The molecule has 0 aromatic heterocycles. The zero-order valence-electron chi connectivity index (χ0n) is 9.42. The topological polar surface area (TPSA) is 78.4 Å². The smallest absolute Gasteiger partial charge is 0.303 e. The van der Waals surface area contributed by atoms with Crippen molar-refractivity contribution in [2.45, 2.75) is 0 Å². The van der Waals surface area contributed by atoms with Gasteiger partial charge < -0.3 is 10.5 Å². The first-order valence-electron chi connectivity index (χ1n) is 5.46. The molecule has 0 saturated carbocycles. The van der Waals surface area contributed by atoms with Gasteiger partial charge in [0, 0.05) is 0 Å². The Morgan fingerprint density at radius 2 is 2.00 bits per heavy atom. The second-order valence-corrected chi connectivity index (χ2v) is 4.08. The Bertz CT molecular complexity index is 692. The fourth-order valence-electron chi connectivity index (χ4n) is 2.21. The standard InChI is InChI=1S/C13H10N2O3/c14-10-7-18-11-6-5-8-3-1-2-4-9(8)12(11)13(10)15(16)17/h1-6H,7,14H2. The molecule has 0 atom stereocenters. The molecular formula is C13H10N2O3. The number of ether oxygens (including phenoxy) is 1. The predicted molar refractivity (Wildman–Crippen MR) is 67.5 cm³/mol. The summed E-state index contributed by atoms with van der Waals surface area (Å²) >= 11 is 0. The maximum Gasteiger partial charge on any atom is 0.303 e. The minimum absolute atomic E-state index is 0.0481. The van der Waals surface area contributed by atoms with Gasteiger partial charge in [0.05, 0.1) is 4.92 Å². The Labute approximate surface area is 103 Å². The molecule has 90 valence electrons. The molecule has 1 aliphatic rings. The average molecular weight is 242 g/mol. The number of nitrogens with zero attached hydrogens (tertiary/aromatic N) is 1. The third-order valence-electron chi connectivity index (χ3n) is 3.00. The molecule has 2 aromatic carbocycles. The van der Waals surface area contributed by atoms with Gasteiger partial charge in [0.1, 0.15) is 23.6 Å². The van der Waals surface area contributed by atoms with Crippen molar-refractivity contribution >= 4 is 16.5 Å². The van der Waals surface area contributed by atoms with Crippen LogP contribution in [0.4, 0.5) is 0 Å². The van der Waals surface area contributed by atoms with Crippen LogP contribution < -0.4 is 10.5 Å². The monoisotopic (exact) mass is 242 g/mol. The van der Waals surface area contributed by atoms with E-state index in [4.69, 9.17) is 10.5 Å². The van der Waals surface area contributed by atoms with Crippen LogP contribution in [0, 0.1) is 10.1 Å². The number of nitrogens with two attached hydrogens (primary N) is 1. The molecule has 3 rings (SSSR count). The van der Waals surface area contributed by atoms with Gasteiger partial charge in [-0.15, -0.1) is 0 Å². The van der Waals surface area contributed by atoms with Crippen molar-refractivity contribution in [1.82, 2.24) is 0 Å². The maximum atomic E-state index is 11.2. The molecule has 5 nitrogen and oxygen atoms in total. The molecule has 0 fully saturated rings. The van der Waals surface area contributed by atoms with E-state index in [-0.39, 0.29) is 18.0 Å². The number of rotatable bonds is 1. The van der Waals surface area contributed by atoms with Gasteiger partial charge in [-0.2, -0.15) is 0 Å². The highest BCUT2D eigenvalue weighted by atomic mass is 16.6. The van der Waals surface area contributed by atoms with Gasteiger partial charge in [-0.25, -0.2) is 0 Å². The molecule has 0 saturated heterocycles. The summed E-state index contributed by atoms with van der Waals surface area (Å²) in [6.45, 7) is 0.0572. The number of benzene rings is 2. The first-order chi connectivity index (χ1) is 8.68. The zero-order chi connectivity index (χ0) is 12.7. The van der Waals surface area contributed by atoms with Gasteiger partial charge in [0.2, 0.25) is 0 Å². The van der Waals surface area contributed by atoms with Gasteiger partial charge in [-0.3, -0.25) is 10.1 Å². The molecule has 0 spiro atoms. The van der Waals surface area contributed by atoms with Crippen molar-refractivity contribution in [2.24, 2.45) is 5.73 Å². The Balaban J connectivity index is 2.42. The first kappa shape index (κ1) is 10.6. The van der Waals surface area contributed by atoms with Gasteiger partial charge >= 0.3 is 5.70 Å². The van der Waals surface area contributed by atoms with Crippen LogP contribution >= 0.6 is 0 Å². The third kappa shape index (κ3) is 1.41. The molecule has 1 heterocycles. The second kappa shape index (κ2) is 3.73. The molecule has 0 amide bonds. The summed E-state index contributed by atoms with van der Waals surface area (Å²) in [6, 6.07) is 11.1. The van der Waals surface area contributed by atoms with Crippen LogP contribution in [0.15, 0.2) is 42.1 Å². The largest absolute Gasteiger partial charge is 0.486 e. The summed E-state index contributed by atoms with van der Waals surface area (Å²) < 4.78 is 5.44. The SMILES string of the molecule is NC1=C([N+](=O)[O-])c2c(ccc3ccccc23)OC1. The van der Waals surface area contributed by atoms with E-state index in [1.807, 2.05) is 30.3 Å². The second-order valence-electron chi connectivity index (χ2n) is 4.08. The molecule has 2 N–H and O–H groups in total. The van der Waals surface area contributed by atoms with Crippen molar-refractivity contribution < 1.29 is 9.66 Å². The van der Waals surface area contributed by atoms with E-state index >= 15 is 0 Å². The molecule has 5 heteroatoms. The summed E-state index contributed by atoms with van der Waals surface area (Å²) in [7, 11) is 0. The molecule has 1 aliphatic heterocycles. The Kier molecular flexibility index (Phi) is 2.19. The predicted octanol–water partition coefficient (Wildman–Crippen LogP) is 2.14. The molecular weight excluding hydrogens is 232 g/mol. The quantitative estimate of drug-likeness (QED) is 0.613. The molecule has 18 heavy (non-hydrogen) atoms. The van der Waals surface area contributed by atoms with E-state index in [1.54, 1.807) is 6.07 Å². The average Bonchev–Trinajstić information content (AvgIpc) is 2.38. The molecule has 2 aromatic rings. The Morgan fingerprint density at radius 3 is 2.78 bits per heavy atom. The third-order valence-corrected chi connectivity index (χ3v) is 3.00. The highest BCUT2D eigenvalue weighted by Gasteiger charge is 2.29. The van der Waals surface area contributed by atoms with Gasteiger partial charge in [-0.05, 0) is 16.8 Å². The number of hydrogen-bond donors (Lipinski definition) is 1.